The van der Waals surface area contributed by atoms with Gasteiger partial charge in [0.1, 0.15) is 11.5 Å². The number of rotatable bonds is 3. The summed E-state index contributed by atoms with van der Waals surface area (Å²) in [6.07, 6.45) is 8.53. The van der Waals surface area contributed by atoms with Gasteiger partial charge in [-0.25, -0.2) is 9.71 Å². The minimum absolute atomic E-state index is 0.132. The summed E-state index contributed by atoms with van der Waals surface area (Å²) in [5.74, 6) is 0.936. The summed E-state index contributed by atoms with van der Waals surface area (Å²) >= 11 is 0. The molecule has 1 fully saturated rings. The Hall–Kier alpha value is -2.47. The number of aliphatic hydroxyl groups is 1. The standard InChI is InChI=1S/C20H25N3O3/c1-12-10-17(16-8-9-22-20(16)23(12)25)18-11-13(21)2-7-19(18)26-15-5-3-14(24)4-6-15/h8-11,14-15,22,24H,2-7,21H2,1H3. The van der Waals surface area contributed by atoms with Gasteiger partial charge in [-0.05, 0) is 57.2 Å². The summed E-state index contributed by atoms with van der Waals surface area (Å²) in [6.45, 7) is 1.80. The SMILES string of the molecule is Cc1cc(C2=C(OC3CCC(O)CC3)CCC(N)=C2)c2cc[nH]c2[n+]1[O-]. The lowest BCUT2D eigenvalue weighted by Gasteiger charge is -2.29. The van der Waals surface area contributed by atoms with Gasteiger partial charge in [0, 0.05) is 23.3 Å². The van der Waals surface area contributed by atoms with Crippen molar-refractivity contribution in [2.24, 2.45) is 5.73 Å². The minimum Gasteiger partial charge on any atom is -0.710 e. The largest absolute Gasteiger partial charge is 0.710 e. The molecule has 0 radical (unpaired) electrons. The van der Waals surface area contributed by atoms with Gasteiger partial charge in [-0.2, -0.15) is 0 Å². The molecule has 0 aliphatic heterocycles. The average molecular weight is 355 g/mol. The minimum atomic E-state index is -0.200. The molecule has 4 N–H and O–H groups in total. The maximum atomic E-state index is 12.3. The van der Waals surface area contributed by atoms with Crippen LogP contribution in [-0.2, 0) is 4.74 Å². The molecule has 2 aliphatic rings. The molecule has 0 amide bonds. The van der Waals surface area contributed by atoms with Crippen molar-refractivity contribution in [1.29, 1.82) is 0 Å². The predicted octanol–water partition coefficient (Wildman–Crippen LogP) is 2.78. The van der Waals surface area contributed by atoms with E-state index in [0.29, 0.717) is 11.3 Å². The summed E-state index contributed by atoms with van der Waals surface area (Å²) in [6, 6.07) is 3.82. The molecule has 2 aromatic rings. The molecule has 0 atom stereocenters. The fourth-order valence-electron chi connectivity index (χ4n) is 3.94. The number of aromatic nitrogens is 2. The Morgan fingerprint density at radius 3 is 2.81 bits per heavy atom. The number of ether oxygens (including phenoxy) is 1. The third kappa shape index (κ3) is 3.05. The van der Waals surface area contributed by atoms with E-state index in [1.807, 2.05) is 18.2 Å². The fourth-order valence-corrected chi connectivity index (χ4v) is 3.94. The van der Waals surface area contributed by atoms with Gasteiger partial charge in [0.15, 0.2) is 0 Å². The molecule has 1 saturated carbocycles. The number of aromatic amines is 1. The van der Waals surface area contributed by atoms with Crippen molar-refractivity contribution in [1.82, 2.24) is 4.98 Å². The number of aliphatic hydroxyl groups excluding tert-OH is 1. The zero-order valence-electron chi connectivity index (χ0n) is 15.0. The number of nitrogens with zero attached hydrogens (tertiary/aromatic N) is 1. The van der Waals surface area contributed by atoms with Crippen molar-refractivity contribution in [3.05, 3.63) is 52.3 Å². The molecule has 0 unspecified atom stereocenters. The van der Waals surface area contributed by atoms with Crippen molar-refractivity contribution in [2.45, 2.75) is 57.7 Å². The number of H-pyrrole nitrogens is 1. The van der Waals surface area contributed by atoms with Gasteiger partial charge in [0.2, 0.25) is 0 Å². The highest BCUT2D eigenvalue weighted by molar-refractivity contribution is 5.93. The van der Waals surface area contributed by atoms with Gasteiger partial charge in [-0.3, -0.25) is 0 Å². The van der Waals surface area contributed by atoms with E-state index in [-0.39, 0.29) is 12.2 Å². The van der Waals surface area contributed by atoms with E-state index in [0.717, 1.165) is 71.2 Å². The number of hydrogen-bond acceptors (Lipinski definition) is 4. The van der Waals surface area contributed by atoms with Gasteiger partial charge in [-0.15, -0.1) is 0 Å². The lowest BCUT2D eigenvalue weighted by Crippen LogP contribution is -2.31. The number of nitrogens with one attached hydrogen (secondary N) is 1. The number of allylic oxidation sites excluding steroid dienone is 4. The van der Waals surface area contributed by atoms with Crippen molar-refractivity contribution >= 4 is 16.6 Å². The molecule has 6 nitrogen and oxygen atoms in total. The fraction of sp³-hybridized carbons (Fsp3) is 0.450. The van der Waals surface area contributed by atoms with E-state index in [1.165, 1.54) is 0 Å². The first-order valence-corrected chi connectivity index (χ1v) is 9.27. The summed E-state index contributed by atoms with van der Waals surface area (Å²) in [4.78, 5) is 3.03. The molecule has 6 heteroatoms. The van der Waals surface area contributed by atoms with Crippen LogP contribution < -0.4 is 10.5 Å². The first-order chi connectivity index (χ1) is 12.5. The molecule has 4 rings (SSSR count). The molecule has 0 spiro atoms. The normalized spacial score (nSPS) is 24.0. The molecule has 0 bridgehead atoms. The quantitative estimate of drug-likeness (QED) is 0.582. The van der Waals surface area contributed by atoms with Gasteiger partial charge in [-0.1, -0.05) is 0 Å². The molecule has 2 heterocycles. The molecular formula is C20H25N3O3. The van der Waals surface area contributed by atoms with Crippen molar-refractivity contribution in [3.63, 3.8) is 0 Å². The highest BCUT2D eigenvalue weighted by Gasteiger charge is 2.25. The second-order valence-corrected chi connectivity index (χ2v) is 7.34. The Kier molecular flexibility index (Phi) is 4.36. The van der Waals surface area contributed by atoms with E-state index in [2.05, 4.69) is 4.98 Å². The third-order valence-corrected chi connectivity index (χ3v) is 5.41. The van der Waals surface area contributed by atoms with Crippen LogP contribution >= 0.6 is 0 Å². The zero-order valence-corrected chi connectivity index (χ0v) is 15.0. The Morgan fingerprint density at radius 1 is 1.27 bits per heavy atom. The lowest BCUT2D eigenvalue weighted by molar-refractivity contribution is -0.586. The average Bonchev–Trinajstić information content (AvgIpc) is 3.12. The highest BCUT2D eigenvalue weighted by atomic mass is 16.5. The summed E-state index contributed by atoms with van der Waals surface area (Å²) in [5, 5.41) is 22.9. The molecule has 0 saturated heterocycles. The second-order valence-electron chi connectivity index (χ2n) is 7.34. The molecule has 138 valence electrons. The monoisotopic (exact) mass is 355 g/mol. The maximum absolute atomic E-state index is 12.3. The van der Waals surface area contributed by atoms with E-state index in [4.69, 9.17) is 10.5 Å². The van der Waals surface area contributed by atoms with Crippen LogP contribution in [0.3, 0.4) is 0 Å². The second kappa shape index (κ2) is 6.68. The summed E-state index contributed by atoms with van der Waals surface area (Å²) < 4.78 is 7.28. The number of aryl methyl sites for hydroxylation is 1. The van der Waals surface area contributed by atoms with Crippen LogP contribution in [0.15, 0.2) is 35.9 Å². The Morgan fingerprint density at radius 2 is 2.04 bits per heavy atom. The zero-order chi connectivity index (χ0) is 18.3. The molecule has 2 aromatic heterocycles. The van der Waals surface area contributed by atoms with Crippen LogP contribution in [0.25, 0.3) is 16.6 Å². The van der Waals surface area contributed by atoms with Crippen LogP contribution in [-0.4, -0.2) is 22.3 Å². The van der Waals surface area contributed by atoms with Crippen LogP contribution in [0.2, 0.25) is 0 Å². The first-order valence-electron chi connectivity index (χ1n) is 9.27. The number of pyridine rings is 1. The number of hydrogen-bond donors (Lipinski definition) is 3. The molecular weight excluding hydrogens is 330 g/mol. The van der Waals surface area contributed by atoms with Gasteiger partial charge >= 0.3 is 0 Å². The van der Waals surface area contributed by atoms with E-state index in [1.54, 1.807) is 13.1 Å². The molecule has 2 aliphatic carbocycles. The topological polar surface area (TPSA) is 98.2 Å². The maximum Gasteiger partial charge on any atom is 0.290 e. The Balaban J connectivity index is 1.77. The highest BCUT2D eigenvalue weighted by Crippen LogP contribution is 2.36. The first kappa shape index (κ1) is 17.0. The van der Waals surface area contributed by atoms with E-state index >= 15 is 0 Å². The van der Waals surface area contributed by atoms with Crippen LogP contribution in [0.1, 0.15) is 49.8 Å². The Bertz CT molecular complexity index is 889. The van der Waals surface area contributed by atoms with Gasteiger partial charge in [0.25, 0.3) is 5.65 Å². The van der Waals surface area contributed by atoms with Crippen LogP contribution in [0.5, 0.6) is 0 Å². The summed E-state index contributed by atoms with van der Waals surface area (Å²) in [7, 11) is 0. The van der Waals surface area contributed by atoms with Crippen molar-refractivity contribution in [3.8, 4) is 0 Å². The smallest absolute Gasteiger partial charge is 0.290 e. The predicted molar refractivity (Wildman–Crippen MR) is 99.8 cm³/mol. The van der Waals surface area contributed by atoms with E-state index < -0.39 is 0 Å². The number of nitrogens with two attached hydrogens (primary N) is 1. The van der Waals surface area contributed by atoms with Gasteiger partial charge in [0.05, 0.1) is 23.8 Å². The Labute approximate surface area is 152 Å². The summed E-state index contributed by atoms with van der Waals surface area (Å²) in [5.41, 5.74) is 10.1. The van der Waals surface area contributed by atoms with Crippen molar-refractivity contribution < 1.29 is 14.6 Å². The number of fused-ring (bicyclic) bond motifs is 1. The van der Waals surface area contributed by atoms with E-state index in [9.17, 15) is 10.3 Å². The van der Waals surface area contributed by atoms with Crippen molar-refractivity contribution in [2.75, 3.05) is 0 Å². The molecule has 0 aromatic carbocycles. The lowest BCUT2D eigenvalue weighted by atomic mass is 9.92. The van der Waals surface area contributed by atoms with Crippen LogP contribution in [0, 0.1) is 12.1 Å². The third-order valence-electron chi connectivity index (χ3n) is 5.41. The molecule has 26 heavy (non-hydrogen) atoms. The van der Waals surface area contributed by atoms with Gasteiger partial charge < -0.3 is 20.8 Å². The van der Waals surface area contributed by atoms with Crippen LogP contribution in [0.4, 0.5) is 0 Å².